The van der Waals surface area contributed by atoms with Crippen LogP contribution in [0.4, 0.5) is 0 Å². The van der Waals surface area contributed by atoms with Crippen LogP contribution in [0.5, 0.6) is 0 Å². The van der Waals surface area contributed by atoms with Gasteiger partial charge >= 0.3 is 5.97 Å². The van der Waals surface area contributed by atoms with Crippen molar-refractivity contribution in [3.8, 4) is 0 Å². The number of hydrogen-bond donors (Lipinski definition) is 0. The fraction of sp³-hybridized carbons (Fsp3) is 0.150. The molecule has 2 aromatic carbocycles. The minimum absolute atomic E-state index is 0.199. The normalized spacial score (nSPS) is 21.6. The van der Waals surface area contributed by atoms with E-state index < -0.39 is 28.1 Å². The van der Waals surface area contributed by atoms with Gasteiger partial charge in [0, 0.05) is 12.3 Å². The van der Waals surface area contributed by atoms with Gasteiger partial charge in [-0.15, -0.1) is 0 Å². The van der Waals surface area contributed by atoms with Crippen molar-refractivity contribution >= 4 is 22.1 Å². The first kappa shape index (κ1) is 16.6. The molecule has 0 aliphatic carbocycles. The van der Waals surface area contributed by atoms with Crippen LogP contribution in [0.2, 0.25) is 0 Å². The van der Waals surface area contributed by atoms with Crippen LogP contribution in [0, 0.1) is 6.92 Å². The van der Waals surface area contributed by atoms with E-state index in [0.717, 1.165) is 16.7 Å². The van der Waals surface area contributed by atoms with Crippen LogP contribution in [0.15, 0.2) is 71.8 Å². The van der Waals surface area contributed by atoms with Gasteiger partial charge in [-0.25, -0.2) is 13.2 Å². The molecular weight excluding hydrogens is 350 g/mol. The number of benzene rings is 2. The molecule has 0 aromatic heterocycles. The van der Waals surface area contributed by atoms with Crippen molar-refractivity contribution in [1.82, 2.24) is 4.31 Å². The Morgan fingerprint density at radius 3 is 2.42 bits per heavy atom. The highest BCUT2D eigenvalue weighted by Gasteiger charge is 2.40. The molecule has 0 saturated carbocycles. The van der Waals surface area contributed by atoms with Crippen LogP contribution in [-0.4, -0.2) is 24.8 Å². The van der Waals surface area contributed by atoms with Crippen molar-refractivity contribution < 1.29 is 17.9 Å². The van der Waals surface area contributed by atoms with Crippen molar-refractivity contribution in [3.63, 3.8) is 0 Å². The van der Waals surface area contributed by atoms with Crippen molar-refractivity contribution in [2.45, 2.75) is 24.0 Å². The van der Waals surface area contributed by atoms with Gasteiger partial charge in [0.15, 0.2) is 0 Å². The first-order valence-corrected chi connectivity index (χ1v) is 9.67. The molecule has 5 nitrogen and oxygen atoms in total. The van der Waals surface area contributed by atoms with Crippen molar-refractivity contribution in [3.05, 3.63) is 83.6 Å². The van der Waals surface area contributed by atoms with E-state index in [1.807, 2.05) is 31.2 Å². The number of carbonyl (C=O) groups is 1. The molecule has 0 N–H and O–H groups in total. The van der Waals surface area contributed by atoms with Gasteiger partial charge in [-0.1, -0.05) is 42.0 Å². The molecule has 26 heavy (non-hydrogen) atoms. The lowest BCUT2D eigenvalue weighted by molar-refractivity contribution is -0.140. The number of hydrogen-bond acceptors (Lipinski definition) is 4. The van der Waals surface area contributed by atoms with E-state index in [2.05, 4.69) is 0 Å². The number of carbonyl (C=O) groups excluding carboxylic acids is 1. The third-order valence-electron chi connectivity index (χ3n) is 4.57. The Hall–Kier alpha value is -2.86. The number of ether oxygens (including phenoxy) is 1. The second-order valence-electron chi connectivity index (χ2n) is 6.30. The predicted molar refractivity (Wildman–Crippen MR) is 97.4 cm³/mol. The van der Waals surface area contributed by atoms with Gasteiger partial charge in [0.2, 0.25) is 0 Å². The summed E-state index contributed by atoms with van der Waals surface area (Å²) in [5.74, 6) is -0.463. The fourth-order valence-corrected chi connectivity index (χ4v) is 4.73. The Bertz CT molecular complexity index is 1020. The molecule has 2 aliphatic rings. The summed E-state index contributed by atoms with van der Waals surface area (Å²) in [4.78, 5) is 11.8. The molecule has 0 radical (unpaired) electrons. The van der Waals surface area contributed by atoms with Gasteiger partial charge < -0.3 is 4.74 Å². The summed E-state index contributed by atoms with van der Waals surface area (Å²) in [6, 6.07) is 13.6. The lowest BCUT2D eigenvalue weighted by Crippen LogP contribution is -2.39. The Labute approximate surface area is 152 Å². The maximum absolute atomic E-state index is 13.3. The lowest BCUT2D eigenvalue weighted by Gasteiger charge is -2.36. The standard InChI is InChI=1S/C20H17NO4S/c1-14-6-8-16(9-7-14)26(23,24)21-13-12-15-4-2-3-5-17(15)20(21)18-10-11-19(22)25-18/h2-13,18,20H,1H3/t18-,20-/m1/s1. The Kier molecular flexibility index (Phi) is 3.92. The van der Waals surface area contributed by atoms with Gasteiger partial charge in [-0.2, -0.15) is 0 Å². The number of aryl methyl sites for hydroxylation is 1. The molecule has 2 atom stereocenters. The molecule has 0 fully saturated rings. The molecule has 0 unspecified atom stereocenters. The average molecular weight is 367 g/mol. The Balaban J connectivity index is 1.83. The second kappa shape index (κ2) is 6.14. The minimum atomic E-state index is -3.80. The first-order valence-electron chi connectivity index (χ1n) is 8.23. The zero-order valence-electron chi connectivity index (χ0n) is 14.1. The fourth-order valence-electron chi connectivity index (χ4n) is 3.25. The molecule has 2 heterocycles. The molecule has 2 aromatic rings. The zero-order chi connectivity index (χ0) is 18.3. The summed E-state index contributed by atoms with van der Waals surface area (Å²) < 4.78 is 33.2. The predicted octanol–water partition coefficient (Wildman–Crippen LogP) is 3.19. The lowest BCUT2D eigenvalue weighted by atomic mass is 9.94. The molecule has 0 bridgehead atoms. The molecule has 0 amide bonds. The summed E-state index contributed by atoms with van der Waals surface area (Å²) in [6.45, 7) is 1.90. The smallest absolute Gasteiger partial charge is 0.331 e. The molecule has 6 heteroatoms. The van der Waals surface area contributed by atoms with Crippen molar-refractivity contribution in [2.24, 2.45) is 0 Å². The van der Waals surface area contributed by atoms with Crippen LogP contribution in [-0.2, 0) is 19.6 Å². The van der Waals surface area contributed by atoms with E-state index in [1.54, 1.807) is 42.6 Å². The Morgan fingerprint density at radius 2 is 1.73 bits per heavy atom. The maximum atomic E-state index is 13.3. The number of rotatable bonds is 3. The highest BCUT2D eigenvalue weighted by Crippen LogP contribution is 2.39. The maximum Gasteiger partial charge on any atom is 0.331 e. The number of nitrogens with zero attached hydrogens (tertiary/aromatic N) is 1. The highest BCUT2D eigenvalue weighted by molar-refractivity contribution is 7.89. The molecule has 2 aliphatic heterocycles. The summed E-state index contributed by atoms with van der Waals surface area (Å²) in [5.41, 5.74) is 2.69. The van der Waals surface area contributed by atoms with E-state index in [1.165, 1.54) is 10.4 Å². The van der Waals surface area contributed by atoms with Gasteiger partial charge in [-0.3, -0.25) is 4.31 Å². The van der Waals surface area contributed by atoms with E-state index in [-0.39, 0.29) is 4.90 Å². The molecular formula is C20H17NO4S. The summed E-state index contributed by atoms with van der Waals surface area (Å²) in [5, 5.41) is 0. The molecule has 0 spiro atoms. The summed E-state index contributed by atoms with van der Waals surface area (Å²) in [7, 11) is -3.80. The number of fused-ring (bicyclic) bond motifs is 1. The van der Waals surface area contributed by atoms with E-state index in [4.69, 9.17) is 4.74 Å². The molecule has 0 saturated heterocycles. The number of cyclic esters (lactones) is 1. The van der Waals surface area contributed by atoms with Crippen LogP contribution in [0.3, 0.4) is 0 Å². The second-order valence-corrected chi connectivity index (χ2v) is 8.14. The summed E-state index contributed by atoms with van der Waals surface area (Å²) >= 11 is 0. The Morgan fingerprint density at radius 1 is 1.00 bits per heavy atom. The number of sulfonamides is 1. The SMILES string of the molecule is Cc1ccc(S(=O)(=O)N2C=Cc3ccccc3[C@@H]2[C@H]2C=CC(=O)O2)cc1. The van der Waals surface area contributed by atoms with E-state index in [9.17, 15) is 13.2 Å². The van der Waals surface area contributed by atoms with Gasteiger partial charge in [0.1, 0.15) is 12.1 Å². The quantitative estimate of drug-likeness (QED) is 0.782. The minimum Gasteiger partial charge on any atom is -0.452 e. The average Bonchev–Trinajstić information content (AvgIpc) is 3.07. The molecule has 4 rings (SSSR count). The van der Waals surface area contributed by atoms with Crippen molar-refractivity contribution in [1.29, 1.82) is 0 Å². The van der Waals surface area contributed by atoms with Crippen LogP contribution >= 0.6 is 0 Å². The third-order valence-corrected chi connectivity index (χ3v) is 6.34. The topological polar surface area (TPSA) is 63.7 Å². The van der Waals surface area contributed by atoms with Gasteiger partial charge in [0.25, 0.3) is 10.0 Å². The third kappa shape index (κ3) is 2.72. The molecule has 132 valence electrons. The van der Waals surface area contributed by atoms with Crippen molar-refractivity contribution in [2.75, 3.05) is 0 Å². The monoisotopic (exact) mass is 367 g/mol. The van der Waals surface area contributed by atoms with Gasteiger partial charge in [0.05, 0.1) is 4.90 Å². The zero-order valence-corrected chi connectivity index (χ0v) is 14.9. The summed E-state index contributed by atoms with van der Waals surface area (Å²) in [6.07, 6.45) is 5.58. The number of esters is 1. The van der Waals surface area contributed by atoms with E-state index in [0.29, 0.717) is 0 Å². The highest BCUT2D eigenvalue weighted by atomic mass is 32.2. The largest absolute Gasteiger partial charge is 0.452 e. The van der Waals surface area contributed by atoms with Crippen LogP contribution < -0.4 is 0 Å². The van der Waals surface area contributed by atoms with Crippen LogP contribution in [0.25, 0.3) is 6.08 Å². The van der Waals surface area contributed by atoms with Gasteiger partial charge in [-0.05, 0) is 42.3 Å². The van der Waals surface area contributed by atoms with E-state index >= 15 is 0 Å². The first-order chi connectivity index (χ1) is 12.5. The van der Waals surface area contributed by atoms with Crippen LogP contribution in [0.1, 0.15) is 22.7 Å².